The minimum absolute atomic E-state index is 0.0255. The molecule has 2 rings (SSSR count). The lowest BCUT2D eigenvalue weighted by molar-refractivity contribution is 0.623. The molecule has 17 heavy (non-hydrogen) atoms. The van der Waals surface area contributed by atoms with E-state index in [1.165, 1.54) is 23.9 Å². The molecule has 0 saturated carbocycles. The molecular formula is C13H7ClFNS. The zero-order chi connectivity index (χ0) is 12.3. The van der Waals surface area contributed by atoms with Crippen molar-refractivity contribution in [2.75, 3.05) is 0 Å². The van der Waals surface area contributed by atoms with E-state index < -0.39 is 5.82 Å². The van der Waals surface area contributed by atoms with Crippen LogP contribution >= 0.6 is 23.4 Å². The molecule has 2 aromatic rings. The SMILES string of the molecule is N#Cc1cc(Sc2ccccc2)cc(Cl)c1F. The molecule has 0 fully saturated rings. The lowest BCUT2D eigenvalue weighted by Gasteiger charge is -2.04. The van der Waals surface area contributed by atoms with E-state index in [2.05, 4.69) is 0 Å². The van der Waals surface area contributed by atoms with Gasteiger partial charge in [-0.05, 0) is 24.3 Å². The summed E-state index contributed by atoms with van der Waals surface area (Å²) in [5, 5.41) is 8.75. The Morgan fingerprint density at radius 1 is 1.12 bits per heavy atom. The summed E-state index contributed by atoms with van der Waals surface area (Å²) >= 11 is 7.16. The van der Waals surface area contributed by atoms with Gasteiger partial charge in [0.05, 0.1) is 10.6 Å². The summed E-state index contributed by atoms with van der Waals surface area (Å²) in [6.07, 6.45) is 0. The monoisotopic (exact) mass is 263 g/mol. The Morgan fingerprint density at radius 2 is 1.82 bits per heavy atom. The van der Waals surface area contributed by atoms with Crippen LogP contribution in [0, 0.1) is 17.1 Å². The van der Waals surface area contributed by atoms with Crippen molar-refractivity contribution in [1.29, 1.82) is 5.26 Å². The summed E-state index contributed by atoms with van der Waals surface area (Å²) in [4.78, 5) is 1.76. The lowest BCUT2D eigenvalue weighted by Crippen LogP contribution is -1.86. The maximum Gasteiger partial charge on any atom is 0.159 e. The van der Waals surface area contributed by atoms with Crippen molar-refractivity contribution in [3.63, 3.8) is 0 Å². The van der Waals surface area contributed by atoms with E-state index in [-0.39, 0.29) is 10.6 Å². The fourth-order valence-corrected chi connectivity index (χ4v) is 2.53. The summed E-state index contributed by atoms with van der Waals surface area (Å²) in [5.74, 6) is -0.661. The smallest absolute Gasteiger partial charge is 0.159 e. The fraction of sp³-hybridized carbons (Fsp3) is 0. The van der Waals surface area contributed by atoms with Crippen molar-refractivity contribution in [2.24, 2.45) is 0 Å². The van der Waals surface area contributed by atoms with Gasteiger partial charge in [-0.15, -0.1) is 0 Å². The average Bonchev–Trinajstić information content (AvgIpc) is 2.35. The molecule has 0 saturated heterocycles. The molecule has 0 bridgehead atoms. The van der Waals surface area contributed by atoms with E-state index in [0.717, 1.165) is 9.79 Å². The third-order valence-corrected chi connectivity index (χ3v) is 3.36. The topological polar surface area (TPSA) is 23.8 Å². The van der Waals surface area contributed by atoms with Gasteiger partial charge in [-0.1, -0.05) is 41.6 Å². The lowest BCUT2D eigenvalue weighted by atomic mass is 10.2. The Hall–Kier alpha value is -1.50. The van der Waals surface area contributed by atoms with E-state index in [1.54, 1.807) is 6.07 Å². The Balaban J connectivity index is 2.35. The van der Waals surface area contributed by atoms with Crippen molar-refractivity contribution in [1.82, 2.24) is 0 Å². The van der Waals surface area contributed by atoms with Crippen molar-refractivity contribution in [2.45, 2.75) is 9.79 Å². The molecule has 0 aliphatic rings. The standard InChI is InChI=1S/C13H7ClFNS/c14-12-7-11(6-9(8-16)13(12)15)17-10-4-2-1-3-5-10/h1-7H. The third-order valence-electron chi connectivity index (χ3n) is 2.10. The van der Waals surface area contributed by atoms with Crippen molar-refractivity contribution in [3.05, 3.63) is 58.9 Å². The fourth-order valence-electron chi connectivity index (χ4n) is 1.33. The van der Waals surface area contributed by atoms with Crippen LogP contribution in [0.5, 0.6) is 0 Å². The highest BCUT2D eigenvalue weighted by Gasteiger charge is 2.09. The van der Waals surface area contributed by atoms with Crippen LogP contribution in [-0.4, -0.2) is 0 Å². The second kappa shape index (κ2) is 5.22. The highest BCUT2D eigenvalue weighted by molar-refractivity contribution is 7.99. The Morgan fingerprint density at radius 3 is 2.47 bits per heavy atom. The van der Waals surface area contributed by atoms with Gasteiger partial charge in [-0.2, -0.15) is 5.26 Å². The van der Waals surface area contributed by atoms with Gasteiger partial charge in [0.15, 0.2) is 5.82 Å². The molecule has 0 unspecified atom stereocenters. The van der Waals surface area contributed by atoms with Gasteiger partial charge in [0.1, 0.15) is 6.07 Å². The summed E-state index contributed by atoms with van der Waals surface area (Å²) < 4.78 is 13.4. The van der Waals surface area contributed by atoms with Gasteiger partial charge < -0.3 is 0 Å². The molecule has 0 amide bonds. The normalized spacial score (nSPS) is 9.94. The molecule has 0 spiro atoms. The second-order valence-electron chi connectivity index (χ2n) is 3.29. The van der Waals surface area contributed by atoms with Crippen LogP contribution in [0.1, 0.15) is 5.56 Å². The maximum absolute atomic E-state index is 13.4. The zero-order valence-electron chi connectivity index (χ0n) is 8.65. The molecular weight excluding hydrogens is 257 g/mol. The molecule has 0 atom stereocenters. The summed E-state index contributed by atoms with van der Waals surface area (Å²) in [5.41, 5.74) is -0.0315. The molecule has 2 aromatic carbocycles. The summed E-state index contributed by atoms with van der Waals surface area (Å²) in [6, 6.07) is 14.4. The number of hydrogen-bond acceptors (Lipinski definition) is 2. The number of halogens is 2. The van der Waals surface area contributed by atoms with E-state index >= 15 is 0 Å². The van der Waals surface area contributed by atoms with Crippen LogP contribution in [0.25, 0.3) is 0 Å². The van der Waals surface area contributed by atoms with E-state index in [0.29, 0.717) is 0 Å². The van der Waals surface area contributed by atoms with Gasteiger partial charge in [-0.25, -0.2) is 4.39 Å². The number of rotatable bonds is 2. The van der Waals surface area contributed by atoms with Gasteiger partial charge in [-0.3, -0.25) is 0 Å². The number of nitriles is 1. The molecule has 0 N–H and O–H groups in total. The van der Waals surface area contributed by atoms with Crippen LogP contribution in [0.15, 0.2) is 52.3 Å². The van der Waals surface area contributed by atoms with E-state index in [4.69, 9.17) is 16.9 Å². The Labute approximate surface area is 108 Å². The minimum atomic E-state index is -0.661. The van der Waals surface area contributed by atoms with Gasteiger partial charge >= 0.3 is 0 Å². The van der Waals surface area contributed by atoms with Gasteiger partial charge in [0.2, 0.25) is 0 Å². The molecule has 84 valence electrons. The summed E-state index contributed by atoms with van der Waals surface area (Å²) in [6.45, 7) is 0. The van der Waals surface area contributed by atoms with E-state index in [9.17, 15) is 4.39 Å². The molecule has 0 radical (unpaired) electrons. The molecule has 4 heteroatoms. The minimum Gasteiger partial charge on any atom is -0.204 e. The first-order chi connectivity index (χ1) is 8.20. The molecule has 0 heterocycles. The van der Waals surface area contributed by atoms with Crippen LogP contribution in [0.4, 0.5) is 4.39 Å². The predicted octanol–water partition coefficient (Wildman–Crippen LogP) is 4.50. The van der Waals surface area contributed by atoms with Crippen LogP contribution in [-0.2, 0) is 0 Å². The van der Waals surface area contributed by atoms with Crippen LogP contribution < -0.4 is 0 Å². The van der Waals surface area contributed by atoms with Crippen LogP contribution in [0.3, 0.4) is 0 Å². The zero-order valence-corrected chi connectivity index (χ0v) is 10.2. The first-order valence-corrected chi connectivity index (χ1v) is 6.02. The quantitative estimate of drug-likeness (QED) is 0.796. The number of hydrogen-bond donors (Lipinski definition) is 0. The Kier molecular flexibility index (Phi) is 3.68. The third kappa shape index (κ3) is 2.79. The molecule has 0 aromatic heterocycles. The maximum atomic E-state index is 13.4. The highest BCUT2D eigenvalue weighted by Crippen LogP contribution is 2.31. The second-order valence-corrected chi connectivity index (χ2v) is 4.85. The molecule has 0 aliphatic heterocycles. The molecule has 1 nitrogen and oxygen atoms in total. The van der Waals surface area contributed by atoms with Gasteiger partial charge in [0.25, 0.3) is 0 Å². The van der Waals surface area contributed by atoms with Crippen molar-refractivity contribution >= 4 is 23.4 Å². The first kappa shape index (κ1) is 12.0. The number of nitrogens with zero attached hydrogens (tertiary/aromatic N) is 1. The highest BCUT2D eigenvalue weighted by atomic mass is 35.5. The van der Waals surface area contributed by atoms with Crippen molar-refractivity contribution in [3.8, 4) is 6.07 Å². The predicted molar refractivity (Wildman–Crippen MR) is 66.7 cm³/mol. The Bertz CT molecular complexity index is 578. The average molecular weight is 264 g/mol. The largest absolute Gasteiger partial charge is 0.204 e. The van der Waals surface area contributed by atoms with Crippen LogP contribution in [0.2, 0.25) is 5.02 Å². The van der Waals surface area contributed by atoms with Crippen molar-refractivity contribution < 1.29 is 4.39 Å². The number of benzene rings is 2. The molecule has 0 aliphatic carbocycles. The summed E-state index contributed by atoms with van der Waals surface area (Å²) in [7, 11) is 0. The van der Waals surface area contributed by atoms with E-state index in [1.807, 2.05) is 30.3 Å². The first-order valence-electron chi connectivity index (χ1n) is 4.83. The van der Waals surface area contributed by atoms with Gasteiger partial charge in [0, 0.05) is 9.79 Å².